The molecule has 1 saturated heterocycles. The van der Waals surface area contributed by atoms with Crippen molar-refractivity contribution in [2.24, 2.45) is 0 Å². The maximum absolute atomic E-state index is 3.62. The van der Waals surface area contributed by atoms with Crippen molar-refractivity contribution in [1.82, 2.24) is 4.90 Å². The summed E-state index contributed by atoms with van der Waals surface area (Å²) in [5.74, 6) is 0. The standard InChI is InChI=1S/C13H19BrN2/c1-15-9-7-11(8-10-15)16(2)13-6-4-3-5-12(13)14/h3-6,11H,7-10H2,1-2H3. The van der Waals surface area contributed by atoms with E-state index < -0.39 is 0 Å². The van der Waals surface area contributed by atoms with Crippen molar-refractivity contribution in [3.8, 4) is 0 Å². The second-order valence-corrected chi connectivity index (χ2v) is 5.45. The molecule has 1 fully saturated rings. The fourth-order valence-electron chi connectivity index (χ4n) is 2.32. The average molecular weight is 283 g/mol. The van der Waals surface area contributed by atoms with Crippen LogP contribution in [-0.2, 0) is 0 Å². The van der Waals surface area contributed by atoms with Crippen molar-refractivity contribution in [2.75, 3.05) is 32.1 Å². The molecule has 0 radical (unpaired) electrons. The van der Waals surface area contributed by atoms with Gasteiger partial charge in [0.2, 0.25) is 0 Å². The molecule has 0 amide bonds. The predicted octanol–water partition coefficient (Wildman–Crippen LogP) is 2.98. The maximum atomic E-state index is 3.62. The van der Waals surface area contributed by atoms with Crippen LogP contribution in [0.4, 0.5) is 5.69 Å². The van der Waals surface area contributed by atoms with Crippen LogP contribution in [0.1, 0.15) is 12.8 Å². The quantitative estimate of drug-likeness (QED) is 0.823. The van der Waals surface area contributed by atoms with Gasteiger partial charge in [0.25, 0.3) is 0 Å². The minimum absolute atomic E-state index is 0.676. The third kappa shape index (κ3) is 2.58. The van der Waals surface area contributed by atoms with E-state index in [4.69, 9.17) is 0 Å². The lowest BCUT2D eigenvalue weighted by Crippen LogP contribution is -2.42. The number of anilines is 1. The number of halogens is 1. The molecule has 1 aromatic rings. The Hall–Kier alpha value is -0.540. The van der Waals surface area contributed by atoms with Crippen LogP contribution >= 0.6 is 15.9 Å². The van der Waals surface area contributed by atoms with Gasteiger partial charge in [-0.2, -0.15) is 0 Å². The molecule has 0 aliphatic carbocycles. The predicted molar refractivity (Wildman–Crippen MR) is 73.1 cm³/mol. The number of hydrogen-bond donors (Lipinski definition) is 0. The van der Waals surface area contributed by atoms with Crippen LogP contribution in [0.3, 0.4) is 0 Å². The van der Waals surface area contributed by atoms with E-state index in [1.54, 1.807) is 0 Å². The molecule has 2 rings (SSSR count). The minimum atomic E-state index is 0.676. The third-order valence-electron chi connectivity index (χ3n) is 3.47. The van der Waals surface area contributed by atoms with E-state index in [-0.39, 0.29) is 0 Å². The zero-order valence-electron chi connectivity index (χ0n) is 9.99. The van der Waals surface area contributed by atoms with E-state index in [0.29, 0.717) is 6.04 Å². The molecule has 0 spiro atoms. The molecular weight excluding hydrogens is 264 g/mol. The number of likely N-dealkylation sites (tertiary alicyclic amines) is 1. The van der Waals surface area contributed by atoms with Crippen LogP contribution < -0.4 is 4.90 Å². The van der Waals surface area contributed by atoms with Crippen molar-refractivity contribution in [1.29, 1.82) is 0 Å². The molecule has 0 aromatic heterocycles. The smallest absolute Gasteiger partial charge is 0.0510 e. The fourth-order valence-corrected chi connectivity index (χ4v) is 2.88. The van der Waals surface area contributed by atoms with Gasteiger partial charge >= 0.3 is 0 Å². The summed E-state index contributed by atoms with van der Waals surface area (Å²) in [5, 5.41) is 0. The first-order chi connectivity index (χ1) is 7.68. The van der Waals surface area contributed by atoms with E-state index >= 15 is 0 Å². The van der Waals surface area contributed by atoms with Gasteiger partial charge in [0.15, 0.2) is 0 Å². The summed E-state index contributed by atoms with van der Waals surface area (Å²) in [6.07, 6.45) is 2.52. The number of para-hydroxylation sites is 1. The van der Waals surface area contributed by atoms with Crippen LogP contribution in [0.15, 0.2) is 28.7 Å². The van der Waals surface area contributed by atoms with Gasteiger partial charge < -0.3 is 9.80 Å². The first-order valence-electron chi connectivity index (χ1n) is 5.84. The largest absolute Gasteiger partial charge is 0.371 e. The number of piperidine rings is 1. The summed E-state index contributed by atoms with van der Waals surface area (Å²) in [6, 6.07) is 9.14. The molecule has 88 valence electrons. The number of nitrogens with zero attached hydrogens (tertiary/aromatic N) is 2. The molecule has 1 heterocycles. The van der Waals surface area contributed by atoms with Gasteiger partial charge in [-0.3, -0.25) is 0 Å². The molecule has 16 heavy (non-hydrogen) atoms. The molecule has 3 heteroatoms. The lowest BCUT2D eigenvalue weighted by atomic mass is 10.0. The van der Waals surface area contributed by atoms with Crippen molar-refractivity contribution < 1.29 is 0 Å². The number of benzene rings is 1. The van der Waals surface area contributed by atoms with Crippen LogP contribution in [0.2, 0.25) is 0 Å². The first-order valence-corrected chi connectivity index (χ1v) is 6.63. The topological polar surface area (TPSA) is 6.48 Å². The summed E-state index contributed by atoms with van der Waals surface area (Å²) in [4.78, 5) is 4.82. The van der Waals surface area contributed by atoms with E-state index in [0.717, 1.165) is 0 Å². The molecule has 1 aliphatic rings. The number of hydrogen-bond acceptors (Lipinski definition) is 2. The summed E-state index contributed by atoms with van der Waals surface area (Å²) in [6.45, 7) is 2.42. The lowest BCUT2D eigenvalue weighted by Gasteiger charge is -2.36. The average Bonchev–Trinajstić information content (AvgIpc) is 2.30. The fraction of sp³-hybridized carbons (Fsp3) is 0.538. The van der Waals surface area contributed by atoms with E-state index in [2.05, 4.69) is 64.1 Å². The summed E-state index contributed by atoms with van der Waals surface area (Å²) in [5.41, 5.74) is 1.30. The molecule has 0 bridgehead atoms. The van der Waals surface area contributed by atoms with Gasteiger partial charge in [0, 0.05) is 17.6 Å². The molecule has 0 atom stereocenters. The van der Waals surface area contributed by atoms with Crippen molar-refractivity contribution in [3.05, 3.63) is 28.7 Å². The van der Waals surface area contributed by atoms with Gasteiger partial charge in [-0.1, -0.05) is 12.1 Å². The lowest BCUT2D eigenvalue weighted by molar-refractivity contribution is 0.253. The zero-order valence-corrected chi connectivity index (χ0v) is 11.6. The van der Waals surface area contributed by atoms with Crippen LogP contribution in [0.25, 0.3) is 0 Å². The molecule has 2 nitrogen and oxygen atoms in total. The van der Waals surface area contributed by atoms with Gasteiger partial charge in [-0.15, -0.1) is 0 Å². The highest BCUT2D eigenvalue weighted by Crippen LogP contribution is 2.28. The van der Waals surface area contributed by atoms with Crippen molar-refractivity contribution in [2.45, 2.75) is 18.9 Å². The minimum Gasteiger partial charge on any atom is -0.371 e. The Morgan fingerprint density at radius 1 is 1.25 bits per heavy atom. The van der Waals surface area contributed by atoms with E-state index in [9.17, 15) is 0 Å². The molecule has 0 saturated carbocycles. The highest BCUT2D eigenvalue weighted by Gasteiger charge is 2.21. The van der Waals surface area contributed by atoms with Gasteiger partial charge in [0.1, 0.15) is 0 Å². The van der Waals surface area contributed by atoms with Gasteiger partial charge in [0.05, 0.1) is 5.69 Å². The molecule has 0 N–H and O–H groups in total. The highest BCUT2D eigenvalue weighted by molar-refractivity contribution is 9.10. The molecule has 0 unspecified atom stereocenters. The Balaban J connectivity index is 2.07. The Labute approximate surface area is 106 Å². The van der Waals surface area contributed by atoms with E-state index in [1.807, 2.05) is 0 Å². The first kappa shape index (κ1) is 11.9. The molecular formula is C13H19BrN2. The Morgan fingerprint density at radius 3 is 2.50 bits per heavy atom. The van der Waals surface area contributed by atoms with Crippen LogP contribution in [-0.4, -0.2) is 38.1 Å². The van der Waals surface area contributed by atoms with Gasteiger partial charge in [-0.05, 0) is 61.0 Å². The van der Waals surface area contributed by atoms with Crippen LogP contribution in [0, 0.1) is 0 Å². The van der Waals surface area contributed by atoms with Crippen molar-refractivity contribution >= 4 is 21.6 Å². The molecule has 1 aromatic carbocycles. The maximum Gasteiger partial charge on any atom is 0.0510 e. The third-order valence-corrected chi connectivity index (χ3v) is 4.14. The Bertz CT molecular complexity index is 346. The summed E-state index contributed by atoms with van der Waals surface area (Å²) >= 11 is 3.62. The SMILES string of the molecule is CN1CCC(N(C)c2ccccc2Br)CC1. The second kappa shape index (κ2) is 5.19. The monoisotopic (exact) mass is 282 g/mol. The second-order valence-electron chi connectivity index (χ2n) is 4.60. The number of rotatable bonds is 2. The van der Waals surface area contributed by atoms with Gasteiger partial charge in [-0.25, -0.2) is 0 Å². The zero-order chi connectivity index (χ0) is 11.5. The summed E-state index contributed by atoms with van der Waals surface area (Å²) < 4.78 is 1.19. The van der Waals surface area contributed by atoms with Crippen LogP contribution in [0.5, 0.6) is 0 Å². The Morgan fingerprint density at radius 2 is 1.88 bits per heavy atom. The van der Waals surface area contributed by atoms with Crippen molar-refractivity contribution in [3.63, 3.8) is 0 Å². The van der Waals surface area contributed by atoms with E-state index in [1.165, 1.54) is 36.1 Å². The highest BCUT2D eigenvalue weighted by atomic mass is 79.9. The summed E-state index contributed by atoms with van der Waals surface area (Å²) in [7, 11) is 4.41. The Kier molecular flexibility index (Phi) is 3.87. The molecule has 1 aliphatic heterocycles. The normalized spacial score (nSPS) is 18.7.